The number of carbonyl (C=O) groups excluding carboxylic acids is 1. The van der Waals surface area contributed by atoms with Crippen LogP contribution in [0.25, 0.3) is 11.0 Å². The molecule has 146 valence electrons. The second-order valence-electron chi connectivity index (χ2n) is 7.46. The number of rotatable bonds is 5. The Morgan fingerprint density at radius 3 is 2.07 bits per heavy atom. The smallest absolute Gasteiger partial charge is 0.255 e. The van der Waals surface area contributed by atoms with Gasteiger partial charge in [0.05, 0.1) is 17.8 Å². The van der Waals surface area contributed by atoms with Crippen LogP contribution in [-0.2, 0) is 0 Å². The van der Waals surface area contributed by atoms with Gasteiger partial charge in [-0.25, -0.2) is 9.67 Å². The normalized spacial score (nSPS) is 11.3. The van der Waals surface area contributed by atoms with Crippen LogP contribution in [0, 0.1) is 0 Å². The van der Waals surface area contributed by atoms with E-state index < -0.39 is 0 Å². The summed E-state index contributed by atoms with van der Waals surface area (Å²) in [6, 6.07) is 22.1. The number of nitrogens with zero attached hydrogens (tertiary/aromatic N) is 4. The average Bonchev–Trinajstić information content (AvgIpc) is 3.18. The van der Waals surface area contributed by atoms with E-state index in [4.69, 9.17) is 0 Å². The zero-order valence-electron chi connectivity index (χ0n) is 16.9. The van der Waals surface area contributed by atoms with Crippen molar-refractivity contribution in [3.8, 4) is 0 Å². The fourth-order valence-corrected chi connectivity index (χ4v) is 3.67. The molecule has 5 nitrogen and oxygen atoms in total. The highest BCUT2D eigenvalue weighted by atomic mass is 16.2. The molecule has 2 aromatic carbocycles. The second-order valence-corrected chi connectivity index (χ2v) is 7.46. The maximum atomic E-state index is 13.4. The Labute approximate surface area is 170 Å². The van der Waals surface area contributed by atoms with Gasteiger partial charge in [-0.1, -0.05) is 60.7 Å². The van der Waals surface area contributed by atoms with Gasteiger partial charge in [-0.05, 0) is 31.0 Å². The summed E-state index contributed by atoms with van der Waals surface area (Å²) < 4.78 is 1.87. The Morgan fingerprint density at radius 2 is 1.52 bits per heavy atom. The fraction of sp³-hybridized carbons (Fsp3) is 0.208. The van der Waals surface area contributed by atoms with Gasteiger partial charge in [0.1, 0.15) is 0 Å². The Balaban J connectivity index is 1.72. The Bertz CT molecular complexity index is 1080. The summed E-state index contributed by atoms with van der Waals surface area (Å²) in [5.74, 6) is -0.0746. The first-order chi connectivity index (χ1) is 14.1. The number of aromatic nitrogens is 3. The molecule has 0 bridgehead atoms. The van der Waals surface area contributed by atoms with Gasteiger partial charge >= 0.3 is 0 Å². The van der Waals surface area contributed by atoms with Crippen molar-refractivity contribution in [2.75, 3.05) is 7.05 Å². The van der Waals surface area contributed by atoms with Crippen LogP contribution in [0.4, 0.5) is 0 Å². The quantitative estimate of drug-likeness (QED) is 0.493. The highest BCUT2D eigenvalue weighted by Crippen LogP contribution is 2.29. The lowest BCUT2D eigenvalue weighted by Crippen LogP contribution is -2.32. The van der Waals surface area contributed by atoms with E-state index in [2.05, 4.69) is 48.2 Å². The molecule has 0 radical (unpaired) electrons. The molecule has 2 heterocycles. The van der Waals surface area contributed by atoms with E-state index in [1.807, 2.05) is 54.2 Å². The summed E-state index contributed by atoms with van der Waals surface area (Å²) in [5.41, 5.74) is 3.48. The number of benzene rings is 2. The summed E-state index contributed by atoms with van der Waals surface area (Å²) in [6.07, 6.45) is 3.42. The molecule has 0 aliphatic rings. The van der Waals surface area contributed by atoms with Gasteiger partial charge in [-0.15, -0.1) is 0 Å². The van der Waals surface area contributed by atoms with Crippen LogP contribution in [-0.4, -0.2) is 32.6 Å². The van der Waals surface area contributed by atoms with Crippen LogP contribution in [0.3, 0.4) is 0 Å². The molecule has 2 aromatic heterocycles. The molecule has 0 aliphatic carbocycles. The molecule has 29 heavy (non-hydrogen) atoms. The summed E-state index contributed by atoms with van der Waals surface area (Å²) >= 11 is 0. The SMILES string of the molecule is CC(C)n1ncc2cc(C(=O)N(C)C(c3ccccc3)c3ccccc3)cnc21. The minimum atomic E-state index is -0.181. The topological polar surface area (TPSA) is 51.0 Å². The average molecular weight is 384 g/mol. The second kappa shape index (κ2) is 7.87. The first kappa shape index (κ1) is 18.9. The Kier molecular flexibility index (Phi) is 5.12. The van der Waals surface area contributed by atoms with E-state index in [0.717, 1.165) is 22.2 Å². The van der Waals surface area contributed by atoms with Crippen molar-refractivity contribution in [3.05, 3.63) is 95.8 Å². The molecule has 1 amide bonds. The van der Waals surface area contributed by atoms with Crippen LogP contribution < -0.4 is 0 Å². The predicted molar refractivity (Wildman–Crippen MR) is 115 cm³/mol. The Morgan fingerprint density at radius 1 is 0.931 bits per heavy atom. The molecule has 5 heteroatoms. The minimum absolute atomic E-state index is 0.0746. The van der Waals surface area contributed by atoms with E-state index in [9.17, 15) is 4.79 Å². The molecule has 0 saturated carbocycles. The van der Waals surface area contributed by atoms with Crippen molar-refractivity contribution in [1.82, 2.24) is 19.7 Å². The maximum absolute atomic E-state index is 13.4. The number of carbonyl (C=O) groups is 1. The monoisotopic (exact) mass is 384 g/mol. The lowest BCUT2D eigenvalue weighted by atomic mass is 9.97. The molecule has 0 saturated heterocycles. The van der Waals surface area contributed by atoms with E-state index in [-0.39, 0.29) is 18.0 Å². The van der Waals surface area contributed by atoms with Gasteiger partial charge in [0.25, 0.3) is 5.91 Å². The summed E-state index contributed by atoms with van der Waals surface area (Å²) in [4.78, 5) is 19.7. The molecular formula is C24H24N4O. The zero-order valence-corrected chi connectivity index (χ0v) is 16.9. The van der Waals surface area contributed by atoms with Crippen molar-refractivity contribution in [2.24, 2.45) is 0 Å². The maximum Gasteiger partial charge on any atom is 0.255 e. The lowest BCUT2D eigenvalue weighted by Gasteiger charge is -2.29. The molecule has 0 fully saturated rings. The van der Waals surface area contributed by atoms with E-state index in [0.29, 0.717) is 5.56 Å². The molecule has 0 unspecified atom stereocenters. The van der Waals surface area contributed by atoms with Crippen LogP contribution in [0.1, 0.15) is 47.4 Å². The molecule has 0 spiro atoms. The number of pyridine rings is 1. The fourth-order valence-electron chi connectivity index (χ4n) is 3.67. The third-order valence-electron chi connectivity index (χ3n) is 5.11. The van der Waals surface area contributed by atoms with Gasteiger partial charge in [-0.3, -0.25) is 4.79 Å². The van der Waals surface area contributed by atoms with Gasteiger partial charge < -0.3 is 4.90 Å². The van der Waals surface area contributed by atoms with E-state index in [1.165, 1.54) is 0 Å². The van der Waals surface area contributed by atoms with E-state index in [1.54, 1.807) is 17.3 Å². The van der Waals surface area contributed by atoms with Crippen molar-refractivity contribution in [1.29, 1.82) is 0 Å². The number of hydrogen-bond acceptors (Lipinski definition) is 3. The van der Waals surface area contributed by atoms with Crippen molar-refractivity contribution >= 4 is 16.9 Å². The number of fused-ring (bicyclic) bond motifs is 1. The first-order valence-corrected chi connectivity index (χ1v) is 9.76. The molecule has 0 N–H and O–H groups in total. The van der Waals surface area contributed by atoms with Gasteiger partial charge in [-0.2, -0.15) is 5.10 Å². The molecule has 4 rings (SSSR count). The summed E-state index contributed by atoms with van der Waals surface area (Å²) in [7, 11) is 1.84. The predicted octanol–water partition coefficient (Wildman–Crippen LogP) is 4.87. The third-order valence-corrected chi connectivity index (χ3v) is 5.11. The minimum Gasteiger partial charge on any atom is -0.331 e. The molecular weight excluding hydrogens is 360 g/mol. The molecule has 4 aromatic rings. The summed E-state index contributed by atoms with van der Waals surface area (Å²) in [5, 5.41) is 5.27. The standard InChI is InChI=1S/C24H24N4O/c1-17(2)28-23-20(16-26-28)14-21(15-25-23)24(29)27(3)22(18-10-6-4-7-11-18)19-12-8-5-9-13-19/h4-17,22H,1-3H3. The van der Waals surface area contributed by atoms with Gasteiger partial charge in [0, 0.05) is 24.7 Å². The largest absolute Gasteiger partial charge is 0.331 e. The highest BCUT2D eigenvalue weighted by molar-refractivity contribution is 5.97. The number of amides is 1. The van der Waals surface area contributed by atoms with Crippen LogP contribution in [0.5, 0.6) is 0 Å². The summed E-state index contributed by atoms with van der Waals surface area (Å²) in [6.45, 7) is 4.12. The third kappa shape index (κ3) is 3.63. The number of hydrogen-bond donors (Lipinski definition) is 0. The van der Waals surface area contributed by atoms with E-state index >= 15 is 0 Å². The van der Waals surface area contributed by atoms with Crippen LogP contribution >= 0.6 is 0 Å². The van der Waals surface area contributed by atoms with Gasteiger partial charge in [0.15, 0.2) is 5.65 Å². The van der Waals surface area contributed by atoms with Crippen LogP contribution in [0.2, 0.25) is 0 Å². The zero-order chi connectivity index (χ0) is 20.4. The van der Waals surface area contributed by atoms with Gasteiger partial charge in [0.2, 0.25) is 0 Å². The molecule has 0 atom stereocenters. The first-order valence-electron chi connectivity index (χ1n) is 9.76. The molecule has 0 aliphatic heterocycles. The lowest BCUT2D eigenvalue weighted by molar-refractivity contribution is 0.0755. The van der Waals surface area contributed by atoms with Crippen molar-refractivity contribution < 1.29 is 4.79 Å². The Hall–Kier alpha value is -3.47. The van der Waals surface area contributed by atoms with Crippen LogP contribution in [0.15, 0.2) is 79.1 Å². The van der Waals surface area contributed by atoms with Crippen molar-refractivity contribution in [3.63, 3.8) is 0 Å². The highest BCUT2D eigenvalue weighted by Gasteiger charge is 2.25. The van der Waals surface area contributed by atoms with Crippen molar-refractivity contribution in [2.45, 2.75) is 25.9 Å².